The molecule has 0 radical (unpaired) electrons. The average Bonchev–Trinajstić information content (AvgIpc) is 2.06. The SMILES string of the molecule is Cc1cnc(N)c([C@H](N)C(C)(C)C)c1. The van der Waals surface area contributed by atoms with Gasteiger partial charge in [0.05, 0.1) is 0 Å². The molecule has 1 aromatic heterocycles. The molecule has 0 unspecified atom stereocenters. The van der Waals surface area contributed by atoms with Gasteiger partial charge in [-0.15, -0.1) is 0 Å². The van der Waals surface area contributed by atoms with Crippen molar-refractivity contribution in [2.45, 2.75) is 33.7 Å². The van der Waals surface area contributed by atoms with Crippen LogP contribution in [-0.2, 0) is 0 Å². The van der Waals surface area contributed by atoms with Gasteiger partial charge in [-0.25, -0.2) is 4.98 Å². The monoisotopic (exact) mass is 193 g/mol. The van der Waals surface area contributed by atoms with Crippen LogP contribution >= 0.6 is 0 Å². The van der Waals surface area contributed by atoms with E-state index in [1.807, 2.05) is 13.0 Å². The second-order valence-electron chi connectivity index (χ2n) is 4.83. The van der Waals surface area contributed by atoms with Gasteiger partial charge in [-0.2, -0.15) is 0 Å². The number of rotatable bonds is 1. The predicted molar refractivity (Wildman–Crippen MR) is 59.8 cm³/mol. The highest BCUT2D eigenvalue weighted by atomic mass is 14.8. The molecule has 3 nitrogen and oxygen atoms in total. The Morgan fingerprint density at radius 2 is 1.93 bits per heavy atom. The van der Waals surface area contributed by atoms with Crippen LogP contribution in [0.4, 0.5) is 5.82 Å². The number of nitrogens with two attached hydrogens (primary N) is 2. The standard InChI is InChI=1S/C11H19N3/c1-7-5-8(10(13)14-6-7)9(12)11(2,3)4/h5-6,9H,12H2,1-4H3,(H2,13,14)/t9-/m0/s1. The Bertz CT molecular complexity index is 326. The molecule has 4 N–H and O–H groups in total. The molecule has 0 bridgehead atoms. The fourth-order valence-electron chi connectivity index (χ4n) is 1.32. The summed E-state index contributed by atoms with van der Waals surface area (Å²) >= 11 is 0. The zero-order valence-electron chi connectivity index (χ0n) is 9.33. The van der Waals surface area contributed by atoms with Crippen LogP contribution in [0, 0.1) is 12.3 Å². The van der Waals surface area contributed by atoms with Crippen molar-refractivity contribution in [3.05, 3.63) is 23.4 Å². The Morgan fingerprint density at radius 1 is 1.36 bits per heavy atom. The van der Waals surface area contributed by atoms with Crippen molar-refractivity contribution < 1.29 is 0 Å². The van der Waals surface area contributed by atoms with Gasteiger partial charge in [0.25, 0.3) is 0 Å². The Kier molecular flexibility index (Phi) is 2.81. The molecule has 0 amide bonds. The Hall–Kier alpha value is -1.09. The first-order valence-electron chi connectivity index (χ1n) is 4.80. The molecule has 0 fully saturated rings. The summed E-state index contributed by atoms with van der Waals surface area (Å²) in [6.07, 6.45) is 1.76. The highest BCUT2D eigenvalue weighted by Gasteiger charge is 2.24. The Balaban J connectivity index is 3.12. The maximum absolute atomic E-state index is 6.12. The van der Waals surface area contributed by atoms with E-state index in [0.717, 1.165) is 11.1 Å². The minimum atomic E-state index is -0.0742. The second-order valence-corrected chi connectivity index (χ2v) is 4.83. The van der Waals surface area contributed by atoms with Gasteiger partial charge in [0.15, 0.2) is 0 Å². The van der Waals surface area contributed by atoms with Crippen LogP contribution in [0.2, 0.25) is 0 Å². The summed E-state index contributed by atoms with van der Waals surface area (Å²) in [5, 5.41) is 0. The number of nitrogen functional groups attached to an aromatic ring is 1. The lowest BCUT2D eigenvalue weighted by Gasteiger charge is -2.28. The maximum atomic E-state index is 6.12. The summed E-state index contributed by atoms with van der Waals surface area (Å²) in [7, 11) is 0. The molecular formula is C11H19N3. The highest BCUT2D eigenvalue weighted by molar-refractivity contribution is 5.43. The smallest absolute Gasteiger partial charge is 0.128 e. The second kappa shape index (κ2) is 3.58. The third-order valence-electron chi connectivity index (χ3n) is 2.35. The van der Waals surface area contributed by atoms with Gasteiger partial charge in [0.1, 0.15) is 5.82 Å². The normalized spacial score (nSPS) is 14.1. The molecule has 14 heavy (non-hydrogen) atoms. The summed E-state index contributed by atoms with van der Waals surface area (Å²) in [5.41, 5.74) is 14.0. The number of aryl methyl sites for hydroxylation is 1. The molecule has 0 saturated heterocycles. The summed E-state index contributed by atoms with van der Waals surface area (Å²) < 4.78 is 0. The molecule has 1 aromatic rings. The number of pyridine rings is 1. The summed E-state index contributed by atoms with van der Waals surface area (Å²) in [5.74, 6) is 0.540. The third-order valence-corrected chi connectivity index (χ3v) is 2.35. The van der Waals surface area contributed by atoms with Crippen molar-refractivity contribution >= 4 is 5.82 Å². The highest BCUT2D eigenvalue weighted by Crippen LogP contribution is 2.32. The van der Waals surface area contributed by atoms with E-state index in [-0.39, 0.29) is 11.5 Å². The van der Waals surface area contributed by atoms with Crippen LogP contribution in [0.5, 0.6) is 0 Å². The van der Waals surface area contributed by atoms with Gasteiger partial charge in [0, 0.05) is 17.8 Å². The molecule has 0 aliphatic rings. The number of hydrogen-bond acceptors (Lipinski definition) is 3. The molecule has 0 aliphatic heterocycles. The van der Waals surface area contributed by atoms with Gasteiger partial charge >= 0.3 is 0 Å². The maximum Gasteiger partial charge on any atom is 0.128 e. The first-order chi connectivity index (χ1) is 6.32. The molecular weight excluding hydrogens is 174 g/mol. The lowest BCUT2D eigenvalue weighted by atomic mass is 9.83. The van der Waals surface area contributed by atoms with Gasteiger partial charge in [-0.3, -0.25) is 0 Å². The van der Waals surface area contributed by atoms with E-state index in [0.29, 0.717) is 5.82 Å². The van der Waals surface area contributed by atoms with Gasteiger partial charge in [0.2, 0.25) is 0 Å². The van der Waals surface area contributed by atoms with Crippen molar-refractivity contribution in [2.75, 3.05) is 5.73 Å². The minimum absolute atomic E-state index is 0.00356. The van der Waals surface area contributed by atoms with Crippen molar-refractivity contribution in [3.63, 3.8) is 0 Å². The zero-order chi connectivity index (χ0) is 10.9. The van der Waals surface area contributed by atoms with Crippen LogP contribution in [0.1, 0.15) is 37.9 Å². The fraction of sp³-hybridized carbons (Fsp3) is 0.545. The van der Waals surface area contributed by atoms with Crippen LogP contribution in [0.25, 0.3) is 0 Å². The van der Waals surface area contributed by atoms with Gasteiger partial charge in [-0.05, 0) is 24.0 Å². The van der Waals surface area contributed by atoms with E-state index in [1.54, 1.807) is 6.20 Å². The van der Waals surface area contributed by atoms with Crippen molar-refractivity contribution in [2.24, 2.45) is 11.1 Å². The Morgan fingerprint density at radius 3 is 2.43 bits per heavy atom. The van der Waals surface area contributed by atoms with Crippen LogP contribution in [0.3, 0.4) is 0 Å². The quantitative estimate of drug-likeness (QED) is 0.717. The molecule has 0 saturated carbocycles. The number of anilines is 1. The summed E-state index contributed by atoms with van der Waals surface area (Å²) in [6, 6.07) is 1.94. The first kappa shape index (κ1) is 11.0. The first-order valence-corrected chi connectivity index (χ1v) is 4.80. The van der Waals surface area contributed by atoms with Gasteiger partial charge < -0.3 is 11.5 Å². The number of aromatic nitrogens is 1. The van der Waals surface area contributed by atoms with Crippen molar-refractivity contribution in [1.82, 2.24) is 4.98 Å². The topological polar surface area (TPSA) is 64.9 Å². The average molecular weight is 193 g/mol. The van der Waals surface area contributed by atoms with Crippen molar-refractivity contribution in [1.29, 1.82) is 0 Å². The van der Waals surface area contributed by atoms with E-state index >= 15 is 0 Å². The molecule has 1 rings (SSSR count). The lowest BCUT2D eigenvalue weighted by Crippen LogP contribution is -2.27. The van der Waals surface area contributed by atoms with Crippen LogP contribution < -0.4 is 11.5 Å². The number of hydrogen-bond donors (Lipinski definition) is 2. The van der Waals surface area contributed by atoms with E-state index < -0.39 is 0 Å². The molecule has 1 heterocycles. The molecule has 0 spiro atoms. The largest absolute Gasteiger partial charge is 0.383 e. The zero-order valence-corrected chi connectivity index (χ0v) is 9.33. The number of nitrogens with zero attached hydrogens (tertiary/aromatic N) is 1. The van der Waals surface area contributed by atoms with E-state index in [9.17, 15) is 0 Å². The van der Waals surface area contributed by atoms with Crippen molar-refractivity contribution in [3.8, 4) is 0 Å². The molecule has 0 aliphatic carbocycles. The lowest BCUT2D eigenvalue weighted by molar-refractivity contribution is 0.327. The molecule has 78 valence electrons. The van der Waals surface area contributed by atoms with Gasteiger partial charge in [-0.1, -0.05) is 20.8 Å². The summed E-state index contributed by atoms with van der Waals surface area (Å²) in [4.78, 5) is 4.11. The van der Waals surface area contributed by atoms with Crippen LogP contribution in [-0.4, -0.2) is 4.98 Å². The summed E-state index contributed by atoms with van der Waals surface area (Å²) in [6.45, 7) is 8.28. The predicted octanol–water partition coefficient (Wildman–Crippen LogP) is 2.02. The van der Waals surface area contributed by atoms with Crippen LogP contribution in [0.15, 0.2) is 12.3 Å². The van der Waals surface area contributed by atoms with E-state index in [1.165, 1.54) is 0 Å². The van der Waals surface area contributed by atoms with E-state index in [4.69, 9.17) is 11.5 Å². The molecule has 3 heteroatoms. The molecule has 1 atom stereocenters. The third kappa shape index (κ3) is 2.23. The Labute approximate surface area is 85.5 Å². The van der Waals surface area contributed by atoms with E-state index in [2.05, 4.69) is 25.8 Å². The minimum Gasteiger partial charge on any atom is -0.383 e. The fourth-order valence-corrected chi connectivity index (χ4v) is 1.32. The molecule has 0 aromatic carbocycles.